The molecule has 1 aromatic heterocycles. The van der Waals surface area contributed by atoms with E-state index in [9.17, 15) is 8.78 Å². The standard InChI is InChI=1S/C14H15F2NO/c1-9-11(6-7-18-9)13(17-2)8-10-4-3-5-12(15)14(10)16/h3-7,13,17H,8H2,1-2H3. The Labute approximate surface area is 105 Å². The first-order valence-electron chi connectivity index (χ1n) is 5.77. The summed E-state index contributed by atoms with van der Waals surface area (Å²) in [5, 5.41) is 3.09. The van der Waals surface area contributed by atoms with E-state index in [1.165, 1.54) is 6.07 Å². The summed E-state index contributed by atoms with van der Waals surface area (Å²) in [7, 11) is 1.79. The van der Waals surface area contributed by atoms with Crippen LogP contribution in [0.25, 0.3) is 0 Å². The molecule has 0 saturated carbocycles. The molecular weight excluding hydrogens is 236 g/mol. The molecule has 2 rings (SSSR count). The molecule has 1 aromatic carbocycles. The van der Waals surface area contributed by atoms with Crippen molar-refractivity contribution in [3.05, 3.63) is 59.1 Å². The Kier molecular flexibility index (Phi) is 3.77. The molecule has 0 aliphatic carbocycles. The summed E-state index contributed by atoms with van der Waals surface area (Å²) >= 11 is 0. The van der Waals surface area contributed by atoms with E-state index in [1.54, 1.807) is 19.4 Å². The molecule has 18 heavy (non-hydrogen) atoms. The lowest BCUT2D eigenvalue weighted by Crippen LogP contribution is -2.19. The van der Waals surface area contributed by atoms with E-state index in [-0.39, 0.29) is 6.04 Å². The van der Waals surface area contributed by atoms with E-state index < -0.39 is 11.6 Å². The number of halogens is 2. The first kappa shape index (κ1) is 12.8. The highest BCUT2D eigenvalue weighted by Gasteiger charge is 2.17. The van der Waals surface area contributed by atoms with Gasteiger partial charge in [0.2, 0.25) is 0 Å². The normalized spacial score (nSPS) is 12.7. The number of hydrogen-bond donors (Lipinski definition) is 1. The average Bonchev–Trinajstić information content (AvgIpc) is 2.77. The molecule has 0 aliphatic rings. The Morgan fingerprint density at radius 1 is 1.28 bits per heavy atom. The van der Waals surface area contributed by atoms with Crippen molar-refractivity contribution in [1.29, 1.82) is 0 Å². The second-order valence-corrected chi connectivity index (χ2v) is 4.19. The zero-order valence-corrected chi connectivity index (χ0v) is 10.3. The monoisotopic (exact) mass is 251 g/mol. The highest BCUT2D eigenvalue weighted by atomic mass is 19.2. The predicted molar refractivity (Wildman–Crippen MR) is 65.3 cm³/mol. The fourth-order valence-electron chi connectivity index (χ4n) is 2.05. The van der Waals surface area contributed by atoms with E-state index >= 15 is 0 Å². The van der Waals surface area contributed by atoms with Gasteiger partial charge < -0.3 is 9.73 Å². The van der Waals surface area contributed by atoms with Gasteiger partial charge in [-0.15, -0.1) is 0 Å². The predicted octanol–water partition coefficient (Wildman–Crippen LogP) is 3.37. The molecule has 0 amide bonds. The van der Waals surface area contributed by atoms with Gasteiger partial charge in [-0.3, -0.25) is 0 Å². The lowest BCUT2D eigenvalue weighted by molar-refractivity contribution is 0.481. The molecule has 0 bridgehead atoms. The molecule has 1 unspecified atom stereocenters. The van der Waals surface area contributed by atoms with Gasteiger partial charge in [0.1, 0.15) is 5.76 Å². The van der Waals surface area contributed by atoms with Gasteiger partial charge in [-0.1, -0.05) is 12.1 Å². The van der Waals surface area contributed by atoms with Gasteiger partial charge in [0, 0.05) is 11.6 Å². The minimum Gasteiger partial charge on any atom is -0.469 e. The molecule has 0 fully saturated rings. The minimum absolute atomic E-state index is 0.0972. The summed E-state index contributed by atoms with van der Waals surface area (Å²) < 4.78 is 32.0. The Balaban J connectivity index is 2.26. The molecule has 96 valence electrons. The molecule has 4 heteroatoms. The van der Waals surface area contributed by atoms with Crippen molar-refractivity contribution in [2.75, 3.05) is 7.05 Å². The number of hydrogen-bond acceptors (Lipinski definition) is 2. The summed E-state index contributed by atoms with van der Waals surface area (Å²) in [5.41, 5.74) is 1.32. The minimum atomic E-state index is -0.814. The van der Waals surface area contributed by atoms with Gasteiger partial charge in [0.05, 0.1) is 6.26 Å². The first-order chi connectivity index (χ1) is 8.63. The molecule has 0 saturated heterocycles. The Morgan fingerprint density at radius 2 is 2.06 bits per heavy atom. The van der Waals surface area contributed by atoms with Crippen molar-refractivity contribution in [1.82, 2.24) is 5.32 Å². The quantitative estimate of drug-likeness (QED) is 0.901. The smallest absolute Gasteiger partial charge is 0.162 e. The largest absolute Gasteiger partial charge is 0.469 e. The summed E-state index contributed by atoms with van der Waals surface area (Å²) in [6.45, 7) is 1.85. The molecule has 1 N–H and O–H groups in total. The summed E-state index contributed by atoms with van der Waals surface area (Å²) in [4.78, 5) is 0. The second kappa shape index (κ2) is 5.31. The fourth-order valence-corrected chi connectivity index (χ4v) is 2.05. The molecular formula is C14H15F2NO. The van der Waals surface area contributed by atoms with Gasteiger partial charge in [0.15, 0.2) is 11.6 Å². The van der Waals surface area contributed by atoms with Crippen molar-refractivity contribution >= 4 is 0 Å². The van der Waals surface area contributed by atoms with E-state index in [0.717, 1.165) is 17.4 Å². The highest BCUT2D eigenvalue weighted by Crippen LogP contribution is 2.24. The summed E-state index contributed by atoms with van der Waals surface area (Å²) in [6.07, 6.45) is 1.97. The van der Waals surface area contributed by atoms with E-state index in [1.807, 2.05) is 13.0 Å². The van der Waals surface area contributed by atoms with Crippen LogP contribution in [0.1, 0.15) is 22.9 Å². The fraction of sp³-hybridized carbons (Fsp3) is 0.286. The number of benzene rings is 1. The molecule has 2 aromatic rings. The molecule has 1 heterocycles. The Bertz CT molecular complexity index is 536. The average molecular weight is 251 g/mol. The third kappa shape index (κ3) is 2.43. The van der Waals surface area contributed by atoms with Crippen LogP contribution in [0.15, 0.2) is 34.9 Å². The van der Waals surface area contributed by atoms with Gasteiger partial charge in [-0.2, -0.15) is 0 Å². The number of rotatable bonds is 4. The third-order valence-corrected chi connectivity index (χ3v) is 3.08. The van der Waals surface area contributed by atoms with Crippen LogP contribution in [0.3, 0.4) is 0 Å². The maximum Gasteiger partial charge on any atom is 0.162 e. The van der Waals surface area contributed by atoms with Gasteiger partial charge in [-0.05, 0) is 38.1 Å². The van der Waals surface area contributed by atoms with E-state index in [2.05, 4.69) is 5.32 Å². The second-order valence-electron chi connectivity index (χ2n) is 4.19. The topological polar surface area (TPSA) is 25.2 Å². The van der Waals surface area contributed by atoms with Gasteiger partial charge >= 0.3 is 0 Å². The van der Waals surface area contributed by atoms with Crippen LogP contribution in [0.4, 0.5) is 8.78 Å². The van der Waals surface area contributed by atoms with Crippen LogP contribution in [-0.2, 0) is 6.42 Å². The Hall–Kier alpha value is -1.68. The van der Waals surface area contributed by atoms with Gasteiger partial charge in [-0.25, -0.2) is 8.78 Å². The zero-order valence-electron chi connectivity index (χ0n) is 10.3. The molecule has 0 aliphatic heterocycles. The number of aryl methyl sites for hydroxylation is 1. The lowest BCUT2D eigenvalue weighted by Gasteiger charge is -2.16. The Morgan fingerprint density at radius 3 is 2.67 bits per heavy atom. The van der Waals surface area contributed by atoms with Crippen molar-refractivity contribution in [3.8, 4) is 0 Å². The molecule has 1 atom stereocenters. The van der Waals surface area contributed by atoms with Crippen molar-refractivity contribution in [2.45, 2.75) is 19.4 Å². The first-order valence-corrected chi connectivity index (χ1v) is 5.77. The zero-order chi connectivity index (χ0) is 13.1. The van der Waals surface area contributed by atoms with Crippen LogP contribution in [-0.4, -0.2) is 7.05 Å². The maximum atomic E-state index is 13.6. The van der Waals surface area contributed by atoms with E-state index in [0.29, 0.717) is 12.0 Å². The number of likely N-dealkylation sites (N-methyl/N-ethyl adjacent to an activating group) is 1. The highest BCUT2D eigenvalue weighted by molar-refractivity contribution is 5.26. The number of nitrogens with one attached hydrogen (secondary N) is 1. The SMILES string of the molecule is CNC(Cc1cccc(F)c1F)c1ccoc1C. The third-order valence-electron chi connectivity index (χ3n) is 3.08. The van der Waals surface area contributed by atoms with Crippen molar-refractivity contribution in [2.24, 2.45) is 0 Å². The van der Waals surface area contributed by atoms with Crippen LogP contribution in [0.2, 0.25) is 0 Å². The maximum absolute atomic E-state index is 13.6. The van der Waals surface area contributed by atoms with Crippen LogP contribution < -0.4 is 5.32 Å². The summed E-state index contributed by atoms with van der Waals surface area (Å²) in [6, 6.07) is 5.98. The van der Waals surface area contributed by atoms with Crippen molar-refractivity contribution < 1.29 is 13.2 Å². The lowest BCUT2D eigenvalue weighted by atomic mass is 9.99. The molecule has 2 nitrogen and oxygen atoms in total. The molecule has 0 radical (unpaired) electrons. The number of furan rings is 1. The molecule has 0 spiro atoms. The summed E-state index contributed by atoms with van der Waals surface area (Å²) in [5.74, 6) is -0.809. The van der Waals surface area contributed by atoms with Crippen LogP contribution in [0, 0.1) is 18.6 Å². The van der Waals surface area contributed by atoms with E-state index in [4.69, 9.17) is 4.42 Å². The van der Waals surface area contributed by atoms with Crippen LogP contribution in [0.5, 0.6) is 0 Å². The van der Waals surface area contributed by atoms with Crippen molar-refractivity contribution in [3.63, 3.8) is 0 Å². The van der Waals surface area contributed by atoms with Gasteiger partial charge in [0.25, 0.3) is 0 Å². The van der Waals surface area contributed by atoms with Crippen LogP contribution >= 0.6 is 0 Å².